The molecular weight excluding hydrogens is 394 g/mol. The van der Waals surface area contributed by atoms with Gasteiger partial charge in [-0.2, -0.15) is 0 Å². The van der Waals surface area contributed by atoms with Crippen LogP contribution in [0.5, 0.6) is 0 Å². The van der Waals surface area contributed by atoms with Crippen LogP contribution in [-0.4, -0.2) is 56.4 Å². The van der Waals surface area contributed by atoms with Gasteiger partial charge in [0.25, 0.3) is 5.91 Å². The third kappa shape index (κ3) is 3.62. The van der Waals surface area contributed by atoms with Crippen molar-refractivity contribution in [1.29, 1.82) is 0 Å². The Kier molecular flexibility index (Phi) is 5.06. The summed E-state index contributed by atoms with van der Waals surface area (Å²) in [7, 11) is 2.07. The number of benzene rings is 2. The number of aryl methyl sites for hydroxylation is 1. The molecule has 1 aliphatic rings. The van der Waals surface area contributed by atoms with Gasteiger partial charge in [0.2, 0.25) is 0 Å². The second-order valence-corrected chi connectivity index (χ2v) is 8.41. The molecule has 0 atom stereocenters. The average Bonchev–Trinajstić information content (AvgIpc) is 3.40. The summed E-state index contributed by atoms with van der Waals surface area (Å²) in [6, 6.07) is 18.2. The van der Waals surface area contributed by atoms with Gasteiger partial charge in [-0.15, -0.1) is 11.3 Å². The second-order valence-electron chi connectivity index (χ2n) is 7.55. The zero-order valence-electron chi connectivity index (χ0n) is 16.9. The van der Waals surface area contributed by atoms with E-state index in [9.17, 15) is 4.79 Å². The van der Waals surface area contributed by atoms with Gasteiger partial charge in [-0.3, -0.25) is 9.69 Å². The number of nitrogens with zero attached hydrogens (tertiary/aromatic N) is 5. The van der Waals surface area contributed by atoms with Crippen LogP contribution < -0.4 is 0 Å². The molecule has 1 fully saturated rings. The standard InChI is InChI=1S/C23H23N5OS/c1-26-20-10-6-5-9-18(20)24-21(26)15-27-11-13-28(14-12-27)23(29)19-16-30-22(25-19)17-7-3-2-4-8-17/h2-10,16H,11-15H2,1H3. The van der Waals surface area contributed by atoms with Gasteiger partial charge < -0.3 is 9.47 Å². The molecule has 2 aromatic heterocycles. The van der Waals surface area contributed by atoms with Crippen molar-refractivity contribution in [1.82, 2.24) is 24.3 Å². The number of aromatic nitrogens is 3. The summed E-state index contributed by atoms with van der Waals surface area (Å²) in [4.78, 5) is 26.5. The normalized spacial score (nSPS) is 15.0. The lowest BCUT2D eigenvalue weighted by Gasteiger charge is -2.34. The number of imidazole rings is 1. The number of thiazole rings is 1. The molecule has 3 heterocycles. The number of amides is 1. The average molecular weight is 418 g/mol. The zero-order valence-corrected chi connectivity index (χ0v) is 17.7. The van der Waals surface area contributed by atoms with Gasteiger partial charge in [0.05, 0.1) is 17.6 Å². The molecule has 152 valence electrons. The molecule has 1 amide bonds. The fourth-order valence-electron chi connectivity index (χ4n) is 3.89. The van der Waals surface area contributed by atoms with Crippen LogP contribution in [0.1, 0.15) is 16.3 Å². The Hall–Kier alpha value is -3.03. The summed E-state index contributed by atoms with van der Waals surface area (Å²) >= 11 is 1.52. The molecular formula is C23H23N5OS. The number of hydrogen-bond donors (Lipinski definition) is 0. The van der Waals surface area contributed by atoms with E-state index in [1.165, 1.54) is 11.3 Å². The molecule has 0 spiro atoms. The molecule has 6 nitrogen and oxygen atoms in total. The van der Waals surface area contributed by atoms with Crippen molar-refractivity contribution in [3.05, 3.63) is 71.5 Å². The quantitative estimate of drug-likeness (QED) is 0.509. The van der Waals surface area contributed by atoms with Gasteiger partial charge >= 0.3 is 0 Å². The first-order chi connectivity index (χ1) is 14.7. The summed E-state index contributed by atoms with van der Waals surface area (Å²) in [6.45, 7) is 3.89. The van der Waals surface area contributed by atoms with Crippen LogP contribution >= 0.6 is 11.3 Å². The van der Waals surface area contributed by atoms with Gasteiger partial charge in [-0.1, -0.05) is 42.5 Å². The number of hydrogen-bond acceptors (Lipinski definition) is 5. The van der Waals surface area contributed by atoms with E-state index in [1.807, 2.05) is 58.8 Å². The van der Waals surface area contributed by atoms with Crippen molar-refractivity contribution in [2.24, 2.45) is 7.05 Å². The van der Waals surface area contributed by atoms with Crippen molar-refractivity contribution in [3.63, 3.8) is 0 Å². The maximum absolute atomic E-state index is 12.9. The number of para-hydroxylation sites is 2. The minimum Gasteiger partial charge on any atom is -0.335 e. The molecule has 0 radical (unpaired) electrons. The molecule has 4 aromatic rings. The number of fused-ring (bicyclic) bond motifs is 1. The van der Waals surface area contributed by atoms with E-state index >= 15 is 0 Å². The van der Waals surface area contributed by atoms with Gasteiger partial charge in [0, 0.05) is 44.2 Å². The first-order valence-electron chi connectivity index (χ1n) is 10.1. The van der Waals surface area contributed by atoms with E-state index in [4.69, 9.17) is 4.98 Å². The van der Waals surface area contributed by atoms with Crippen LogP contribution in [0.2, 0.25) is 0 Å². The lowest BCUT2D eigenvalue weighted by atomic mass is 10.2. The van der Waals surface area contributed by atoms with E-state index < -0.39 is 0 Å². The van der Waals surface area contributed by atoms with Gasteiger partial charge in [-0.25, -0.2) is 9.97 Å². The maximum Gasteiger partial charge on any atom is 0.273 e. The summed E-state index contributed by atoms with van der Waals surface area (Å²) < 4.78 is 2.16. The molecule has 1 aliphatic heterocycles. The lowest BCUT2D eigenvalue weighted by molar-refractivity contribution is 0.0619. The first-order valence-corrected chi connectivity index (χ1v) is 11.0. The van der Waals surface area contributed by atoms with Crippen molar-refractivity contribution in [3.8, 4) is 10.6 Å². The van der Waals surface area contributed by atoms with E-state index in [0.29, 0.717) is 18.8 Å². The van der Waals surface area contributed by atoms with Crippen LogP contribution in [0.25, 0.3) is 21.6 Å². The largest absolute Gasteiger partial charge is 0.335 e. The summed E-state index contributed by atoms with van der Waals surface area (Å²) in [5.41, 5.74) is 3.78. The van der Waals surface area contributed by atoms with Crippen molar-refractivity contribution in [2.75, 3.05) is 26.2 Å². The van der Waals surface area contributed by atoms with E-state index in [2.05, 4.69) is 27.6 Å². The monoisotopic (exact) mass is 417 g/mol. The Bertz CT molecular complexity index is 1170. The number of carbonyl (C=O) groups excluding carboxylic acids is 1. The van der Waals surface area contributed by atoms with Crippen molar-refractivity contribution in [2.45, 2.75) is 6.54 Å². The minimum atomic E-state index is 0.0239. The molecule has 0 unspecified atom stereocenters. The number of carbonyl (C=O) groups is 1. The maximum atomic E-state index is 12.9. The molecule has 30 heavy (non-hydrogen) atoms. The molecule has 0 N–H and O–H groups in total. The Balaban J connectivity index is 1.22. The number of rotatable bonds is 4. The smallest absolute Gasteiger partial charge is 0.273 e. The predicted molar refractivity (Wildman–Crippen MR) is 119 cm³/mol. The lowest BCUT2D eigenvalue weighted by Crippen LogP contribution is -2.48. The van der Waals surface area contributed by atoms with E-state index in [1.54, 1.807) is 0 Å². The highest BCUT2D eigenvalue weighted by Gasteiger charge is 2.25. The fraction of sp³-hybridized carbons (Fsp3) is 0.261. The highest BCUT2D eigenvalue weighted by Crippen LogP contribution is 2.24. The Labute approximate surface area is 179 Å². The summed E-state index contributed by atoms with van der Waals surface area (Å²) in [6.07, 6.45) is 0. The molecule has 0 saturated carbocycles. The highest BCUT2D eigenvalue weighted by atomic mass is 32.1. The van der Waals surface area contributed by atoms with Crippen LogP contribution in [0.15, 0.2) is 60.0 Å². The van der Waals surface area contributed by atoms with E-state index in [0.717, 1.165) is 47.1 Å². The molecule has 0 aliphatic carbocycles. The first kappa shape index (κ1) is 19.0. The van der Waals surface area contributed by atoms with Crippen LogP contribution in [0.3, 0.4) is 0 Å². The molecule has 0 bridgehead atoms. The van der Waals surface area contributed by atoms with E-state index in [-0.39, 0.29) is 5.91 Å². The van der Waals surface area contributed by atoms with Crippen molar-refractivity contribution < 1.29 is 4.79 Å². The molecule has 1 saturated heterocycles. The third-order valence-electron chi connectivity index (χ3n) is 5.65. The van der Waals surface area contributed by atoms with Gasteiger partial charge in [-0.05, 0) is 12.1 Å². The molecule has 5 rings (SSSR count). The van der Waals surface area contributed by atoms with Gasteiger partial charge in [0.15, 0.2) is 0 Å². The SMILES string of the molecule is Cn1c(CN2CCN(C(=O)c3csc(-c4ccccc4)n3)CC2)nc2ccccc21. The van der Waals surface area contributed by atoms with Crippen LogP contribution in [0.4, 0.5) is 0 Å². The highest BCUT2D eigenvalue weighted by molar-refractivity contribution is 7.13. The molecule has 7 heteroatoms. The topological polar surface area (TPSA) is 54.3 Å². The predicted octanol–water partition coefficient (Wildman–Crippen LogP) is 3.65. The Morgan fingerprint density at radius 1 is 0.967 bits per heavy atom. The molecule has 2 aromatic carbocycles. The Morgan fingerprint density at radius 3 is 2.47 bits per heavy atom. The minimum absolute atomic E-state index is 0.0239. The third-order valence-corrected chi connectivity index (χ3v) is 6.54. The van der Waals surface area contributed by atoms with Gasteiger partial charge in [0.1, 0.15) is 16.5 Å². The second kappa shape index (κ2) is 8.01. The summed E-state index contributed by atoms with van der Waals surface area (Å²) in [5.74, 6) is 1.08. The van der Waals surface area contributed by atoms with Crippen LogP contribution in [0, 0.1) is 0 Å². The summed E-state index contributed by atoms with van der Waals surface area (Å²) in [5, 5.41) is 2.76. The number of piperazine rings is 1. The van der Waals surface area contributed by atoms with Crippen LogP contribution in [-0.2, 0) is 13.6 Å². The zero-order chi connectivity index (χ0) is 20.5. The fourth-order valence-corrected chi connectivity index (χ4v) is 4.69. The Morgan fingerprint density at radius 2 is 1.70 bits per heavy atom. The van der Waals surface area contributed by atoms with Crippen molar-refractivity contribution >= 4 is 28.3 Å².